The second-order valence-corrected chi connectivity index (χ2v) is 13.9. The summed E-state index contributed by atoms with van der Waals surface area (Å²) in [6.07, 6.45) is -0.223. The van der Waals surface area contributed by atoms with E-state index in [1.54, 1.807) is 6.92 Å². The van der Waals surface area contributed by atoms with E-state index in [0.717, 1.165) is 0 Å². The normalized spacial score (nSPS) is 22.0. The van der Waals surface area contributed by atoms with E-state index in [9.17, 15) is 9.59 Å². The minimum absolute atomic E-state index is 0.0613. The van der Waals surface area contributed by atoms with Gasteiger partial charge in [0, 0.05) is 13.0 Å². The van der Waals surface area contributed by atoms with Crippen LogP contribution in [0.1, 0.15) is 54.9 Å². The Kier molecular flexibility index (Phi) is 6.73. The molecular weight excluding hydrogens is 338 g/mol. The number of hydrogen-bond acceptors (Lipinski definition) is 5. The number of carbonyl (C=O) groups is 2. The average molecular weight is 374 g/mol. The molecule has 0 unspecified atom stereocenters. The fourth-order valence-electron chi connectivity index (χ4n) is 2.46. The van der Waals surface area contributed by atoms with Crippen LogP contribution in [-0.2, 0) is 18.7 Å². The molecule has 1 saturated heterocycles. The summed E-state index contributed by atoms with van der Waals surface area (Å²) in [6.45, 7) is 18.7. The van der Waals surface area contributed by atoms with E-state index in [4.69, 9.17) is 13.9 Å². The Hall–Kier alpha value is -1.08. The van der Waals surface area contributed by atoms with Crippen LogP contribution in [-0.4, -0.2) is 56.2 Å². The van der Waals surface area contributed by atoms with Gasteiger partial charge in [0.05, 0.1) is 12.7 Å². The maximum Gasteiger partial charge on any atom is 0.411 e. The van der Waals surface area contributed by atoms with Gasteiger partial charge in [-0.3, -0.25) is 4.90 Å². The van der Waals surface area contributed by atoms with Crippen LogP contribution in [0, 0.1) is 0 Å². The topological polar surface area (TPSA) is 65.1 Å². The zero-order chi connectivity index (χ0) is 19.6. The molecule has 0 bridgehead atoms. The smallest absolute Gasteiger partial charge is 0.411 e. The molecule has 146 valence electrons. The highest BCUT2D eigenvalue weighted by Crippen LogP contribution is 2.39. The molecule has 0 spiro atoms. The highest BCUT2D eigenvalue weighted by molar-refractivity contribution is 6.74. The van der Waals surface area contributed by atoms with Crippen molar-refractivity contribution < 1.29 is 23.5 Å². The Balaban J connectivity index is 2.94. The van der Waals surface area contributed by atoms with Crippen LogP contribution < -0.4 is 0 Å². The van der Waals surface area contributed by atoms with E-state index in [0.29, 0.717) is 13.0 Å². The quantitative estimate of drug-likeness (QED) is 0.551. The van der Waals surface area contributed by atoms with Crippen molar-refractivity contribution in [3.8, 4) is 0 Å². The third-order valence-electron chi connectivity index (χ3n) is 4.72. The first-order valence-corrected chi connectivity index (χ1v) is 11.9. The summed E-state index contributed by atoms with van der Waals surface area (Å²) < 4.78 is 17.0. The van der Waals surface area contributed by atoms with Gasteiger partial charge in [0.25, 0.3) is 0 Å². The first kappa shape index (κ1) is 22.0. The molecule has 0 aromatic heterocycles. The van der Waals surface area contributed by atoms with Crippen LogP contribution in [0.25, 0.3) is 0 Å². The number of likely N-dealkylation sites (tertiary alicyclic amines) is 1. The minimum Gasteiger partial charge on any atom is -0.464 e. The van der Waals surface area contributed by atoms with Crippen LogP contribution in [0.4, 0.5) is 4.79 Å². The lowest BCUT2D eigenvalue weighted by molar-refractivity contribution is -0.148. The number of hydrogen-bond donors (Lipinski definition) is 0. The number of carbonyl (C=O) groups excluding carboxylic acids is 2. The number of esters is 1. The molecule has 7 heteroatoms. The van der Waals surface area contributed by atoms with E-state index in [1.165, 1.54) is 4.90 Å². The van der Waals surface area contributed by atoms with E-state index in [-0.39, 0.29) is 17.7 Å². The zero-order valence-electron chi connectivity index (χ0n) is 17.3. The molecule has 25 heavy (non-hydrogen) atoms. The second kappa shape index (κ2) is 7.66. The van der Waals surface area contributed by atoms with Gasteiger partial charge in [0.1, 0.15) is 11.6 Å². The molecule has 2 atom stereocenters. The second-order valence-electron chi connectivity index (χ2n) is 9.14. The number of rotatable bonds is 4. The molecular formula is C18H35NO5Si. The molecule has 1 aliphatic rings. The summed E-state index contributed by atoms with van der Waals surface area (Å²) in [6, 6.07) is -0.649. The van der Waals surface area contributed by atoms with Crippen LogP contribution in [0.5, 0.6) is 0 Å². The lowest BCUT2D eigenvalue weighted by Gasteiger charge is -2.38. The zero-order valence-corrected chi connectivity index (χ0v) is 18.3. The van der Waals surface area contributed by atoms with E-state index in [1.807, 2.05) is 20.8 Å². The van der Waals surface area contributed by atoms with Gasteiger partial charge in [0.2, 0.25) is 0 Å². The maximum absolute atomic E-state index is 12.5. The summed E-state index contributed by atoms with van der Waals surface area (Å²) in [5.74, 6) is -0.394. The Morgan fingerprint density at radius 1 is 1.12 bits per heavy atom. The van der Waals surface area contributed by atoms with Gasteiger partial charge >= 0.3 is 12.1 Å². The summed E-state index contributed by atoms with van der Waals surface area (Å²) in [5.41, 5.74) is -0.616. The standard InChI is InChI=1S/C18H35NO5Si/c1-10-22-15(20)14-11-13(24-25(8,9)18(5,6)7)12-19(14)16(21)23-17(2,3)4/h13-14H,10-12H2,1-9H3/t13-,14+/m1/s1. The molecule has 6 nitrogen and oxygen atoms in total. The molecule has 0 aromatic carbocycles. The van der Waals surface area contributed by atoms with Crippen LogP contribution in [0.3, 0.4) is 0 Å². The predicted octanol–water partition coefficient (Wildman–Crippen LogP) is 3.95. The van der Waals surface area contributed by atoms with Crippen molar-refractivity contribution in [2.75, 3.05) is 13.2 Å². The van der Waals surface area contributed by atoms with E-state index in [2.05, 4.69) is 33.9 Å². The third-order valence-corrected chi connectivity index (χ3v) is 9.25. The fraction of sp³-hybridized carbons (Fsp3) is 0.889. The first-order valence-electron chi connectivity index (χ1n) is 9.02. The summed E-state index contributed by atoms with van der Waals surface area (Å²) >= 11 is 0. The molecule has 1 fully saturated rings. The van der Waals surface area contributed by atoms with Crippen molar-refractivity contribution in [2.24, 2.45) is 0 Å². The third kappa shape index (κ3) is 5.99. The summed E-state index contributed by atoms with van der Waals surface area (Å²) in [5, 5.41) is 0.0613. The Bertz CT molecular complexity index is 493. The molecule has 0 N–H and O–H groups in total. The highest BCUT2D eigenvalue weighted by Gasteiger charge is 2.47. The Morgan fingerprint density at radius 3 is 2.12 bits per heavy atom. The van der Waals surface area contributed by atoms with Crippen molar-refractivity contribution in [3.05, 3.63) is 0 Å². The lowest BCUT2D eigenvalue weighted by atomic mass is 10.2. The molecule has 1 heterocycles. The van der Waals surface area contributed by atoms with Crippen molar-refractivity contribution in [1.82, 2.24) is 4.90 Å². The summed E-state index contributed by atoms with van der Waals surface area (Å²) in [4.78, 5) is 26.3. The largest absolute Gasteiger partial charge is 0.464 e. The van der Waals surface area contributed by atoms with Gasteiger partial charge in [-0.1, -0.05) is 20.8 Å². The average Bonchev–Trinajstić information content (AvgIpc) is 2.79. The van der Waals surface area contributed by atoms with Crippen LogP contribution in [0.15, 0.2) is 0 Å². The van der Waals surface area contributed by atoms with E-state index < -0.39 is 32.0 Å². The van der Waals surface area contributed by atoms with Gasteiger partial charge in [-0.25, -0.2) is 9.59 Å². The first-order chi connectivity index (χ1) is 11.2. The van der Waals surface area contributed by atoms with Crippen molar-refractivity contribution in [3.63, 3.8) is 0 Å². The number of nitrogens with zero attached hydrogens (tertiary/aromatic N) is 1. The maximum atomic E-state index is 12.5. The van der Waals surface area contributed by atoms with Crippen molar-refractivity contribution in [1.29, 1.82) is 0 Å². The Labute approximate surface area is 153 Å². The van der Waals surface area contributed by atoms with Gasteiger partial charge in [-0.15, -0.1) is 0 Å². The predicted molar refractivity (Wildman–Crippen MR) is 100 cm³/mol. The van der Waals surface area contributed by atoms with Gasteiger partial charge in [-0.2, -0.15) is 0 Å². The monoisotopic (exact) mass is 373 g/mol. The molecule has 1 amide bonds. The highest BCUT2D eigenvalue weighted by atomic mass is 28.4. The molecule has 0 saturated carbocycles. The van der Waals surface area contributed by atoms with E-state index >= 15 is 0 Å². The molecule has 0 radical (unpaired) electrons. The summed E-state index contributed by atoms with van der Waals surface area (Å²) in [7, 11) is -1.99. The number of ether oxygens (including phenoxy) is 2. The van der Waals surface area contributed by atoms with Crippen molar-refractivity contribution >= 4 is 20.4 Å². The van der Waals surface area contributed by atoms with Crippen LogP contribution >= 0.6 is 0 Å². The molecule has 1 rings (SSSR count). The molecule has 0 aliphatic carbocycles. The van der Waals surface area contributed by atoms with Gasteiger partial charge in [-0.05, 0) is 45.8 Å². The Morgan fingerprint density at radius 2 is 1.68 bits per heavy atom. The SMILES string of the molecule is CCOC(=O)[C@@H]1C[C@@H](O[Si](C)(C)C(C)(C)C)CN1C(=O)OC(C)(C)C. The molecule has 1 aliphatic heterocycles. The molecule has 0 aromatic rings. The minimum atomic E-state index is -1.99. The fourth-order valence-corrected chi connectivity index (χ4v) is 3.82. The number of amides is 1. The lowest BCUT2D eigenvalue weighted by Crippen LogP contribution is -2.45. The van der Waals surface area contributed by atoms with Crippen molar-refractivity contribution in [2.45, 2.75) is 90.8 Å². The van der Waals surface area contributed by atoms with Gasteiger partial charge < -0.3 is 13.9 Å². The van der Waals surface area contributed by atoms with Gasteiger partial charge in [0.15, 0.2) is 8.32 Å². The van der Waals surface area contributed by atoms with Crippen LogP contribution in [0.2, 0.25) is 18.1 Å².